The van der Waals surface area contributed by atoms with Crippen molar-refractivity contribution in [3.8, 4) is 0 Å². The van der Waals surface area contributed by atoms with Crippen LogP contribution in [-0.4, -0.2) is 23.5 Å². The lowest BCUT2D eigenvalue weighted by Crippen LogP contribution is -2.38. The highest BCUT2D eigenvalue weighted by Crippen LogP contribution is 2.31. The van der Waals surface area contributed by atoms with Gasteiger partial charge >= 0.3 is 0 Å². The van der Waals surface area contributed by atoms with Gasteiger partial charge in [-0.25, -0.2) is 0 Å². The van der Waals surface area contributed by atoms with Gasteiger partial charge in [0, 0.05) is 24.8 Å². The Morgan fingerprint density at radius 1 is 1.61 bits per heavy atom. The third kappa shape index (κ3) is 3.58. The molecule has 1 aromatic rings. The summed E-state index contributed by atoms with van der Waals surface area (Å²) in [6.07, 6.45) is 3.76. The van der Waals surface area contributed by atoms with Gasteiger partial charge in [-0.2, -0.15) is 0 Å². The molecule has 5 nitrogen and oxygen atoms in total. The average molecular weight is 272 g/mol. The Hall–Kier alpha value is -1.33. The van der Waals surface area contributed by atoms with E-state index in [1.165, 1.54) is 12.3 Å². The highest BCUT2D eigenvalue weighted by molar-refractivity contribution is 5.95. The number of aromatic nitrogens is 1. The number of amides is 1. The third-order valence-electron chi connectivity index (χ3n) is 3.10. The fraction of sp³-hybridized carbons (Fsp3) is 0.500. The molecular formula is C12H18ClN3O2. The molecule has 6 heteroatoms. The topological polar surface area (TPSA) is 88.0 Å². The molecule has 1 atom stereocenters. The van der Waals surface area contributed by atoms with Gasteiger partial charge in [-0.1, -0.05) is 0 Å². The monoisotopic (exact) mass is 271 g/mol. The van der Waals surface area contributed by atoms with Crippen molar-refractivity contribution in [2.45, 2.75) is 25.8 Å². The van der Waals surface area contributed by atoms with Crippen molar-refractivity contribution in [1.82, 2.24) is 10.3 Å². The van der Waals surface area contributed by atoms with Crippen LogP contribution in [0.25, 0.3) is 0 Å². The number of hydrogen-bond acceptors (Lipinski definition) is 3. The summed E-state index contributed by atoms with van der Waals surface area (Å²) >= 11 is 0. The van der Waals surface area contributed by atoms with Gasteiger partial charge in [-0.3, -0.25) is 9.59 Å². The summed E-state index contributed by atoms with van der Waals surface area (Å²) in [5.41, 5.74) is 6.86. The van der Waals surface area contributed by atoms with E-state index < -0.39 is 0 Å². The van der Waals surface area contributed by atoms with Crippen molar-refractivity contribution < 1.29 is 4.79 Å². The number of nitrogens with two attached hydrogens (primary N) is 1. The second-order valence-electron chi connectivity index (χ2n) is 4.61. The van der Waals surface area contributed by atoms with E-state index in [-0.39, 0.29) is 29.9 Å². The molecule has 4 N–H and O–H groups in total. The number of aryl methyl sites for hydroxylation is 1. The number of carbonyl (C=O) groups is 1. The maximum Gasteiger partial charge on any atom is 0.253 e. The molecule has 1 aliphatic carbocycles. The van der Waals surface area contributed by atoms with E-state index in [9.17, 15) is 9.59 Å². The molecule has 1 aliphatic rings. The Morgan fingerprint density at radius 3 is 2.83 bits per heavy atom. The summed E-state index contributed by atoms with van der Waals surface area (Å²) in [4.78, 5) is 25.4. The molecule has 100 valence electrons. The molecule has 1 heterocycles. The van der Waals surface area contributed by atoms with E-state index in [2.05, 4.69) is 10.3 Å². The van der Waals surface area contributed by atoms with Gasteiger partial charge in [0.15, 0.2) is 0 Å². The van der Waals surface area contributed by atoms with E-state index in [0.29, 0.717) is 23.6 Å². The van der Waals surface area contributed by atoms with E-state index in [1.807, 2.05) is 0 Å². The fourth-order valence-electron chi connectivity index (χ4n) is 1.81. The van der Waals surface area contributed by atoms with E-state index >= 15 is 0 Å². The summed E-state index contributed by atoms with van der Waals surface area (Å²) in [6.45, 7) is 2.23. The van der Waals surface area contributed by atoms with Gasteiger partial charge in [0.2, 0.25) is 5.56 Å². The van der Waals surface area contributed by atoms with Gasteiger partial charge in [0.1, 0.15) is 0 Å². The lowest BCUT2D eigenvalue weighted by Gasteiger charge is -2.12. The number of pyridine rings is 1. The normalized spacial score (nSPS) is 15.7. The van der Waals surface area contributed by atoms with Crippen LogP contribution in [0.5, 0.6) is 0 Å². The van der Waals surface area contributed by atoms with Crippen LogP contribution < -0.4 is 16.6 Å². The molecule has 1 unspecified atom stereocenters. The zero-order valence-corrected chi connectivity index (χ0v) is 11.0. The van der Waals surface area contributed by atoms with Crippen molar-refractivity contribution in [3.05, 3.63) is 33.7 Å². The summed E-state index contributed by atoms with van der Waals surface area (Å²) in [5.74, 6) is 0.377. The molecule has 1 aromatic heterocycles. The summed E-state index contributed by atoms with van der Waals surface area (Å²) < 4.78 is 0. The number of hydrogen-bond donors (Lipinski definition) is 3. The van der Waals surface area contributed by atoms with Crippen LogP contribution in [-0.2, 0) is 0 Å². The molecular weight excluding hydrogens is 254 g/mol. The van der Waals surface area contributed by atoms with Crippen LogP contribution in [0.3, 0.4) is 0 Å². The summed E-state index contributed by atoms with van der Waals surface area (Å²) in [5, 5.41) is 2.79. The van der Waals surface area contributed by atoms with Crippen LogP contribution >= 0.6 is 12.4 Å². The zero-order chi connectivity index (χ0) is 12.4. The number of rotatable bonds is 4. The first-order valence-electron chi connectivity index (χ1n) is 5.81. The molecule has 0 saturated heterocycles. The Labute approximate surface area is 112 Å². The standard InChI is InChI=1S/C12H17N3O2.ClH/c1-7-4-11(16)14-5-9(7)12(17)15-6-10(13)8-2-3-8;/h4-5,8,10H,2-3,6,13H2,1H3,(H,14,16)(H,15,17);1H. The van der Waals surface area contributed by atoms with Crippen LogP contribution in [0.4, 0.5) is 0 Å². The van der Waals surface area contributed by atoms with Crippen LogP contribution in [0, 0.1) is 12.8 Å². The zero-order valence-electron chi connectivity index (χ0n) is 10.2. The molecule has 1 saturated carbocycles. The van der Waals surface area contributed by atoms with Crippen molar-refractivity contribution in [2.24, 2.45) is 11.7 Å². The molecule has 2 rings (SSSR count). The van der Waals surface area contributed by atoms with Crippen molar-refractivity contribution >= 4 is 18.3 Å². The van der Waals surface area contributed by atoms with Crippen molar-refractivity contribution in [2.75, 3.05) is 6.54 Å². The lowest BCUT2D eigenvalue weighted by molar-refractivity contribution is 0.0949. The summed E-state index contributed by atoms with van der Waals surface area (Å²) in [6, 6.07) is 1.46. The minimum absolute atomic E-state index is 0. The molecule has 0 radical (unpaired) electrons. The van der Waals surface area contributed by atoms with Gasteiger partial charge in [0.05, 0.1) is 5.56 Å². The highest BCUT2D eigenvalue weighted by Gasteiger charge is 2.28. The molecule has 0 aromatic carbocycles. The Morgan fingerprint density at radius 2 is 2.28 bits per heavy atom. The highest BCUT2D eigenvalue weighted by atomic mass is 35.5. The molecule has 0 spiro atoms. The van der Waals surface area contributed by atoms with Gasteiger partial charge < -0.3 is 16.0 Å². The predicted octanol–water partition coefficient (Wildman–Crippen LogP) is 0.572. The first-order chi connectivity index (χ1) is 8.08. The predicted molar refractivity (Wildman–Crippen MR) is 72.1 cm³/mol. The minimum Gasteiger partial charge on any atom is -0.350 e. The van der Waals surface area contributed by atoms with E-state index in [0.717, 1.165) is 12.8 Å². The third-order valence-corrected chi connectivity index (χ3v) is 3.10. The Balaban J connectivity index is 0.00000162. The largest absolute Gasteiger partial charge is 0.350 e. The van der Waals surface area contributed by atoms with Crippen LogP contribution in [0.2, 0.25) is 0 Å². The van der Waals surface area contributed by atoms with Crippen LogP contribution in [0.1, 0.15) is 28.8 Å². The SMILES string of the molecule is Cc1cc(=O)[nH]cc1C(=O)NCC(N)C1CC1.Cl. The van der Waals surface area contributed by atoms with Gasteiger partial charge in [0.25, 0.3) is 5.91 Å². The molecule has 0 aliphatic heterocycles. The van der Waals surface area contributed by atoms with Crippen molar-refractivity contribution in [1.29, 1.82) is 0 Å². The lowest BCUT2D eigenvalue weighted by atomic mass is 10.1. The second-order valence-corrected chi connectivity index (χ2v) is 4.61. The maximum absolute atomic E-state index is 11.8. The molecule has 1 fully saturated rings. The number of carbonyl (C=O) groups excluding carboxylic acids is 1. The van der Waals surface area contributed by atoms with Crippen LogP contribution in [0.15, 0.2) is 17.1 Å². The van der Waals surface area contributed by atoms with Gasteiger partial charge in [-0.15, -0.1) is 12.4 Å². The number of nitrogens with one attached hydrogen (secondary N) is 2. The van der Waals surface area contributed by atoms with E-state index in [1.54, 1.807) is 6.92 Å². The Kier molecular flexibility index (Phi) is 4.93. The fourth-order valence-corrected chi connectivity index (χ4v) is 1.81. The average Bonchev–Trinajstić information content (AvgIpc) is 3.09. The minimum atomic E-state index is -0.200. The number of aromatic amines is 1. The maximum atomic E-state index is 11.8. The first kappa shape index (κ1) is 14.7. The summed E-state index contributed by atoms with van der Waals surface area (Å²) in [7, 11) is 0. The van der Waals surface area contributed by atoms with E-state index in [4.69, 9.17) is 5.73 Å². The van der Waals surface area contributed by atoms with Crippen molar-refractivity contribution in [3.63, 3.8) is 0 Å². The molecule has 0 bridgehead atoms. The molecule has 1 amide bonds. The molecule has 18 heavy (non-hydrogen) atoms. The Bertz CT molecular complexity index is 482. The second kappa shape index (κ2) is 6.02. The first-order valence-corrected chi connectivity index (χ1v) is 5.81. The van der Waals surface area contributed by atoms with Gasteiger partial charge in [-0.05, 0) is 31.2 Å². The number of H-pyrrole nitrogens is 1. The number of halogens is 1. The smallest absolute Gasteiger partial charge is 0.253 e. The quantitative estimate of drug-likeness (QED) is 0.748.